The summed E-state index contributed by atoms with van der Waals surface area (Å²) in [5.41, 5.74) is 2.83. The van der Waals surface area contributed by atoms with Gasteiger partial charge in [-0.05, 0) is 48.0 Å². The van der Waals surface area contributed by atoms with Gasteiger partial charge in [0.2, 0.25) is 0 Å². The molecule has 1 N–H and O–H groups in total. The molecule has 0 saturated heterocycles. The number of hydrogen-bond donors (Lipinski definition) is 1. The molecule has 5 rings (SSSR count). The highest BCUT2D eigenvalue weighted by molar-refractivity contribution is 7.13. The number of carbonyl (C=O) groups is 2. The Hall–Kier alpha value is -4.55. The Morgan fingerprint density at radius 1 is 1.17 bits per heavy atom. The first-order valence-electron chi connectivity index (χ1n) is 10.9. The van der Waals surface area contributed by atoms with Crippen molar-refractivity contribution in [3.8, 4) is 17.6 Å². The number of hydrogen-bond acceptors (Lipinski definition) is 6. The minimum atomic E-state index is -1.15. The molecular weight excluding hydrogens is 479 g/mol. The fourth-order valence-electron chi connectivity index (χ4n) is 4.02. The van der Waals surface area contributed by atoms with E-state index in [4.69, 9.17) is 4.74 Å². The number of thiazole rings is 1. The highest BCUT2D eigenvalue weighted by Crippen LogP contribution is 2.37. The Bertz CT molecular complexity index is 1500. The third-order valence-electron chi connectivity index (χ3n) is 5.66. The largest absolute Gasteiger partial charge is 0.496 e. The molecule has 1 aliphatic heterocycles. The number of ether oxygens (including phenoxy) is 1. The first-order valence-corrected chi connectivity index (χ1v) is 11.8. The topological polar surface area (TPSA) is 84.4 Å². The van der Waals surface area contributed by atoms with E-state index in [1.54, 1.807) is 36.1 Å². The average molecular weight is 499 g/mol. The van der Waals surface area contributed by atoms with E-state index in [-0.39, 0.29) is 18.0 Å². The van der Waals surface area contributed by atoms with Crippen LogP contribution in [-0.4, -0.2) is 33.8 Å². The van der Waals surface area contributed by atoms with Gasteiger partial charge in [-0.25, -0.2) is 9.37 Å². The lowest BCUT2D eigenvalue weighted by Gasteiger charge is -2.28. The van der Waals surface area contributed by atoms with Gasteiger partial charge in [-0.15, -0.1) is 11.3 Å². The van der Waals surface area contributed by atoms with Crippen LogP contribution in [0, 0.1) is 17.7 Å². The molecule has 0 fully saturated rings. The number of carbonyl (C=O) groups excluding carboxylic acids is 2. The molecule has 2 aromatic carbocycles. The number of fused-ring (bicyclic) bond motifs is 1. The van der Waals surface area contributed by atoms with Gasteiger partial charge in [0.1, 0.15) is 17.6 Å². The highest BCUT2D eigenvalue weighted by atomic mass is 32.1. The van der Waals surface area contributed by atoms with Crippen molar-refractivity contribution in [2.24, 2.45) is 0 Å². The molecule has 0 unspecified atom stereocenters. The van der Waals surface area contributed by atoms with Crippen molar-refractivity contribution in [3.05, 3.63) is 106 Å². The normalized spacial score (nSPS) is 12.9. The molecule has 1 atom stereocenters. The van der Waals surface area contributed by atoms with Gasteiger partial charge in [0, 0.05) is 52.8 Å². The Labute approximate surface area is 210 Å². The zero-order chi connectivity index (χ0) is 25.1. The number of nitrogens with zero attached hydrogens (tertiary/aromatic N) is 3. The molecule has 7 nitrogen and oxygen atoms in total. The van der Waals surface area contributed by atoms with Gasteiger partial charge in [0.05, 0.1) is 7.11 Å². The van der Waals surface area contributed by atoms with Crippen molar-refractivity contribution in [2.45, 2.75) is 12.6 Å². The summed E-state index contributed by atoms with van der Waals surface area (Å²) in [5.74, 6) is 4.94. The van der Waals surface area contributed by atoms with E-state index in [2.05, 4.69) is 27.1 Å². The summed E-state index contributed by atoms with van der Waals surface area (Å²) in [6.07, 6.45) is 4.89. The standard InChI is InChI=1S/C27H19FN4O3S/c1-35-23-9-8-20(28)14-22(23)24(25(33)31-27-30-11-12-36-27)32-16-19-7-6-17(13-21(19)26(32)34)4-5-18-3-2-10-29-15-18/h2-3,6-15,24H,16H2,1H3,(H,30,31,33)/t24-/m1/s1. The second kappa shape index (κ2) is 9.98. The van der Waals surface area contributed by atoms with Crippen LogP contribution in [0.15, 0.2) is 72.5 Å². The van der Waals surface area contributed by atoms with Crippen LogP contribution in [0.4, 0.5) is 9.52 Å². The lowest BCUT2D eigenvalue weighted by atomic mass is 10.0. The predicted octanol–water partition coefficient (Wildman–Crippen LogP) is 4.42. The van der Waals surface area contributed by atoms with Crippen molar-refractivity contribution >= 4 is 28.3 Å². The number of rotatable bonds is 5. The van der Waals surface area contributed by atoms with Crippen molar-refractivity contribution in [3.63, 3.8) is 0 Å². The van der Waals surface area contributed by atoms with Crippen molar-refractivity contribution < 1.29 is 18.7 Å². The van der Waals surface area contributed by atoms with E-state index >= 15 is 0 Å². The second-order valence-electron chi connectivity index (χ2n) is 7.91. The molecule has 4 aromatic rings. The van der Waals surface area contributed by atoms with Gasteiger partial charge >= 0.3 is 0 Å². The number of pyridine rings is 1. The highest BCUT2D eigenvalue weighted by Gasteiger charge is 2.39. The monoisotopic (exact) mass is 498 g/mol. The number of methoxy groups -OCH3 is 1. The predicted molar refractivity (Wildman–Crippen MR) is 133 cm³/mol. The van der Waals surface area contributed by atoms with E-state index in [1.807, 2.05) is 18.2 Å². The summed E-state index contributed by atoms with van der Waals surface area (Å²) < 4.78 is 19.7. The maximum atomic E-state index is 14.3. The number of anilines is 1. The van der Waals surface area contributed by atoms with Crippen LogP contribution in [0.2, 0.25) is 0 Å². The van der Waals surface area contributed by atoms with Crippen molar-refractivity contribution in [1.29, 1.82) is 0 Å². The number of nitrogens with one attached hydrogen (secondary N) is 1. The summed E-state index contributed by atoms with van der Waals surface area (Å²) in [6.45, 7) is 0.167. The molecule has 0 saturated carbocycles. The van der Waals surface area contributed by atoms with Gasteiger partial charge in [-0.1, -0.05) is 17.9 Å². The van der Waals surface area contributed by atoms with Crippen LogP contribution >= 0.6 is 11.3 Å². The maximum Gasteiger partial charge on any atom is 0.255 e. The van der Waals surface area contributed by atoms with Crippen LogP contribution in [0.3, 0.4) is 0 Å². The Kier molecular flexibility index (Phi) is 6.43. The molecule has 3 heterocycles. The van der Waals surface area contributed by atoms with E-state index in [1.165, 1.54) is 41.5 Å². The summed E-state index contributed by atoms with van der Waals surface area (Å²) >= 11 is 1.24. The third-order valence-corrected chi connectivity index (χ3v) is 6.35. The lowest BCUT2D eigenvalue weighted by Crippen LogP contribution is -2.37. The number of aromatic nitrogens is 2. The van der Waals surface area contributed by atoms with Crippen LogP contribution in [0.5, 0.6) is 5.75 Å². The Morgan fingerprint density at radius 2 is 2.03 bits per heavy atom. The minimum absolute atomic E-state index is 0.167. The number of halogens is 1. The Morgan fingerprint density at radius 3 is 2.78 bits per heavy atom. The smallest absolute Gasteiger partial charge is 0.255 e. The Balaban J connectivity index is 1.50. The van der Waals surface area contributed by atoms with Crippen LogP contribution in [0.25, 0.3) is 0 Å². The zero-order valence-electron chi connectivity index (χ0n) is 19.1. The first kappa shape index (κ1) is 23.2. The molecule has 1 aliphatic rings. The molecule has 0 spiro atoms. The fourth-order valence-corrected chi connectivity index (χ4v) is 4.55. The molecule has 9 heteroatoms. The second-order valence-corrected chi connectivity index (χ2v) is 8.81. The average Bonchev–Trinajstić information content (AvgIpc) is 3.52. The van der Waals surface area contributed by atoms with Crippen LogP contribution in [-0.2, 0) is 11.3 Å². The molecule has 2 aromatic heterocycles. The maximum absolute atomic E-state index is 14.3. The lowest BCUT2D eigenvalue weighted by molar-refractivity contribution is -0.120. The summed E-state index contributed by atoms with van der Waals surface area (Å²) in [4.78, 5) is 36.6. The van der Waals surface area contributed by atoms with E-state index < -0.39 is 17.8 Å². The molecule has 0 bridgehead atoms. The van der Waals surface area contributed by atoms with E-state index in [0.717, 1.165) is 11.1 Å². The van der Waals surface area contributed by atoms with Crippen LogP contribution < -0.4 is 10.1 Å². The van der Waals surface area contributed by atoms with Gasteiger partial charge in [-0.3, -0.25) is 19.9 Å². The zero-order valence-corrected chi connectivity index (χ0v) is 19.9. The molecule has 2 amide bonds. The van der Waals surface area contributed by atoms with Gasteiger partial charge in [0.15, 0.2) is 5.13 Å². The van der Waals surface area contributed by atoms with Gasteiger partial charge in [0.25, 0.3) is 11.8 Å². The molecular formula is C27H19FN4O3S. The van der Waals surface area contributed by atoms with Gasteiger partial charge in [-0.2, -0.15) is 0 Å². The van der Waals surface area contributed by atoms with Gasteiger partial charge < -0.3 is 9.64 Å². The minimum Gasteiger partial charge on any atom is -0.496 e. The molecule has 0 aliphatic carbocycles. The van der Waals surface area contributed by atoms with Crippen molar-refractivity contribution in [1.82, 2.24) is 14.9 Å². The van der Waals surface area contributed by atoms with Crippen molar-refractivity contribution in [2.75, 3.05) is 12.4 Å². The summed E-state index contributed by atoms with van der Waals surface area (Å²) in [5, 5.41) is 4.83. The first-order chi connectivity index (χ1) is 17.5. The molecule has 36 heavy (non-hydrogen) atoms. The summed E-state index contributed by atoms with van der Waals surface area (Å²) in [6, 6.07) is 11.7. The molecule has 0 radical (unpaired) electrons. The van der Waals surface area contributed by atoms with Crippen LogP contribution in [0.1, 0.15) is 38.7 Å². The SMILES string of the molecule is COc1ccc(F)cc1[C@H](C(=O)Nc1nccs1)N1Cc2ccc(C#Cc3cccnc3)cc2C1=O. The van der Waals surface area contributed by atoms with E-state index in [0.29, 0.717) is 22.0 Å². The van der Waals surface area contributed by atoms with E-state index in [9.17, 15) is 14.0 Å². The molecule has 178 valence electrons. The fraction of sp³-hybridized carbons (Fsp3) is 0.111. The quantitative estimate of drug-likeness (QED) is 0.412. The summed E-state index contributed by atoms with van der Waals surface area (Å²) in [7, 11) is 1.43. The third kappa shape index (κ3) is 4.67. The number of amides is 2. The number of benzene rings is 2.